The van der Waals surface area contributed by atoms with Crippen LogP contribution in [0.3, 0.4) is 0 Å². The first-order valence-corrected chi connectivity index (χ1v) is 7.53. The highest BCUT2D eigenvalue weighted by atomic mass is 32.1. The molecule has 1 amide bonds. The molecule has 1 aromatic carbocycles. The van der Waals surface area contributed by atoms with Gasteiger partial charge in [-0.3, -0.25) is 4.79 Å². The molecular formula is C16H19N3OS. The first-order chi connectivity index (χ1) is 10.1. The largest absolute Gasteiger partial charge is 0.397 e. The van der Waals surface area contributed by atoms with Gasteiger partial charge in [-0.2, -0.15) is 0 Å². The summed E-state index contributed by atoms with van der Waals surface area (Å²) in [5.74, 6) is -0.169. The lowest BCUT2D eigenvalue weighted by molar-refractivity contribution is 0.0963. The lowest BCUT2D eigenvalue weighted by atomic mass is 10.1. The molecule has 4 nitrogen and oxygen atoms in total. The van der Waals surface area contributed by atoms with E-state index in [0.29, 0.717) is 17.1 Å². The summed E-state index contributed by atoms with van der Waals surface area (Å²) in [7, 11) is 0. The predicted molar refractivity (Wildman–Crippen MR) is 89.7 cm³/mol. The molecule has 0 saturated heterocycles. The van der Waals surface area contributed by atoms with Crippen molar-refractivity contribution in [3.8, 4) is 0 Å². The van der Waals surface area contributed by atoms with Crippen LogP contribution < -0.4 is 16.4 Å². The smallest absolute Gasteiger partial charge is 0.263 e. The van der Waals surface area contributed by atoms with E-state index in [1.807, 2.05) is 18.2 Å². The molecule has 0 radical (unpaired) electrons. The van der Waals surface area contributed by atoms with Crippen molar-refractivity contribution < 1.29 is 4.79 Å². The summed E-state index contributed by atoms with van der Waals surface area (Å²) in [6, 6.07) is 12.1. The van der Waals surface area contributed by atoms with Gasteiger partial charge in [0.25, 0.3) is 5.91 Å². The molecule has 0 spiro atoms. The lowest BCUT2D eigenvalue weighted by Crippen LogP contribution is -2.22. The van der Waals surface area contributed by atoms with Gasteiger partial charge in [-0.25, -0.2) is 0 Å². The Morgan fingerprint density at radius 2 is 2.14 bits per heavy atom. The molecule has 21 heavy (non-hydrogen) atoms. The van der Waals surface area contributed by atoms with Crippen molar-refractivity contribution >= 4 is 27.9 Å². The quantitative estimate of drug-likeness (QED) is 0.716. The van der Waals surface area contributed by atoms with E-state index in [1.54, 1.807) is 12.1 Å². The van der Waals surface area contributed by atoms with Crippen LogP contribution in [0.4, 0.5) is 10.7 Å². The van der Waals surface area contributed by atoms with Gasteiger partial charge >= 0.3 is 0 Å². The van der Waals surface area contributed by atoms with Crippen LogP contribution >= 0.6 is 11.3 Å². The van der Waals surface area contributed by atoms with Crippen LogP contribution in [0.15, 0.2) is 49.1 Å². The minimum atomic E-state index is -0.169. The second kappa shape index (κ2) is 6.95. The van der Waals surface area contributed by atoms with Crippen LogP contribution in [0.25, 0.3) is 0 Å². The summed E-state index contributed by atoms with van der Waals surface area (Å²) in [5, 5.41) is 6.98. The highest BCUT2D eigenvalue weighted by Gasteiger charge is 2.15. The first-order valence-electron chi connectivity index (χ1n) is 6.71. The number of anilines is 2. The zero-order chi connectivity index (χ0) is 15.2. The fraction of sp³-hybridized carbons (Fsp3) is 0.188. The first kappa shape index (κ1) is 15.1. The number of hydrogen-bond donors (Lipinski definition) is 3. The summed E-state index contributed by atoms with van der Waals surface area (Å²) in [6.45, 7) is 6.07. The van der Waals surface area contributed by atoms with E-state index in [1.165, 1.54) is 16.9 Å². The molecule has 2 aromatic rings. The van der Waals surface area contributed by atoms with Crippen LogP contribution in [-0.2, 0) is 0 Å². The Morgan fingerprint density at radius 3 is 2.81 bits per heavy atom. The molecule has 1 aromatic heterocycles. The third kappa shape index (κ3) is 3.86. The molecule has 110 valence electrons. The third-order valence-electron chi connectivity index (χ3n) is 3.03. The number of hydrogen-bond acceptors (Lipinski definition) is 4. The normalized spacial score (nSPS) is 11.7. The van der Waals surface area contributed by atoms with Crippen molar-refractivity contribution in [2.75, 3.05) is 17.6 Å². The van der Waals surface area contributed by atoms with E-state index in [0.717, 1.165) is 5.00 Å². The van der Waals surface area contributed by atoms with Crippen LogP contribution in [0, 0.1) is 0 Å². The average Bonchev–Trinajstić information content (AvgIpc) is 2.86. The Bertz CT molecular complexity index is 622. The van der Waals surface area contributed by atoms with Gasteiger partial charge in [0.1, 0.15) is 4.88 Å². The number of thiophene rings is 1. The third-order valence-corrected chi connectivity index (χ3v) is 4.11. The molecule has 0 aliphatic rings. The zero-order valence-electron chi connectivity index (χ0n) is 11.9. The fourth-order valence-corrected chi connectivity index (χ4v) is 2.92. The van der Waals surface area contributed by atoms with E-state index in [9.17, 15) is 4.79 Å². The molecule has 4 N–H and O–H groups in total. The van der Waals surface area contributed by atoms with Crippen LogP contribution in [0.5, 0.6) is 0 Å². The molecule has 0 fully saturated rings. The van der Waals surface area contributed by atoms with Crippen LogP contribution in [0.2, 0.25) is 0 Å². The summed E-state index contributed by atoms with van der Waals surface area (Å²) in [6.07, 6.45) is 1.64. The van der Waals surface area contributed by atoms with Crippen molar-refractivity contribution in [2.24, 2.45) is 0 Å². The molecule has 5 heteroatoms. The number of nitrogen functional groups attached to an aromatic ring is 1. The number of carbonyl (C=O) groups is 1. The van der Waals surface area contributed by atoms with Gasteiger partial charge in [0.05, 0.1) is 10.7 Å². The van der Waals surface area contributed by atoms with E-state index >= 15 is 0 Å². The highest BCUT2D eigenvalue weighted by Crippen LogP contribution is 2.31. The second-order valence-electron chi connectivity index (χ2n) is 4.67. The van der Waals surface area contributed by atoms with E-state index < -0.39 is 0 Å². The lowest BCUT2D eigenvalue weighted by Gasteiger charge is -2.13. The Kier molecular flexibility index (Phi) is 5.00. The number of benzene rings is 1. The maximum absolute atomic E-state index is 11.9. The van der Waals surface area contributed by atoms with Gasteiger partial charge in [-0.1, -0.05) is 36.4 Å². The number of nitrogens with two attached hydrogens (primary N) is 1. The van der Waals surface area contributed by atoms with Crippen LogP contribution in [0.1, 0.15) is 28.2 Å². The molecule has 0 bridgehead atoms. The van der Waals surface area contributed by atoms with Crippen LogP contribution in [-0.4, -0.2) is 12.5 Å². The number of rotatable bonds is 6. The molecule has 0 aliphatic carbocycles. The number of amides is 1. The Balaban J connectivity index is 2.08. The molecular weight excluding hydrogens is 282 g/mol. The number of nitrogens with one attached hydrogen (secondary N) is 2. The summed E-state index contributed by atoms with van der Waals surface area (Å²) < 4.78 is 0. The Hall–Kier alpha value is -2.27. The standard InChI is InChI=1S/C16H19N3OS/c1-3-9-18-16(20)15-13(17)10-14(21-15)19-11(2)12-7-5-4-6-8-12/h3-8,10-11,19H,1,9,17H2,2H3,(H,18,20). The van der Waals surface area contributed by atoms with Crippen molar-refractivity contribution in [1.82, 2.24) is 5.32 Å². The minimum Gasteiger partial charge on any atom is -0.397 e. The summed E-state index contributed by atoms with van der Waals surface area (Å²) in [5.41, 5.74) is 7.58. The van der Waals surface area contributed by atoms with Gasteiger partial charge in [0.15, 0.2) is 0 Å². The Labute approximate surface area is 128 Å². The summed E-state index contributed by atoms with van der Waals surface area (Å²) >= 11 is 1.36. The molecule has 0 aliphatic heterocycles. The maximum Gasteiger partial charge on any atom is 0.263 e. The van der Waals surface area contributed by atoms with Gasteiger partial charge in [-0.15, -0.1) is 17.9 Å². The monoisotopic (exact) mass is 301 g/mol. The van der Waals surface area contributed by atoms with Gasteiger partial charge in [-0.05, 0) is 18.6 Å². The maximum atomic E-state index is 11.9. The van der Waals surface area contributed by atoms with Crippen molar-refractivity contribution in [3.63, 3.8) is 0 Å². The van der Waals surface area contributed by atoms with Crippen molar-refractivity contribution in [2.45, 2.75) is 13.0 Å². The van der Waals surface area contributed by atoms with E-state index in [4.69, 9.17) is 5.73 Å². The predicted octanol–water partition coefficient (Wildman–Crippen LogP) is 3.42. The topological polar surface area (TPSA) is 67.2 Å². The number of carbonyl (C=O) groups excluding carboxylic acids is 1. The van der Waals surface area contributed by atoms with Crippen molar-refractivity contribution in [3.05, 3.63) is 59.5 Å². The fourth-order valence-electron chi connectivity index (χ4n) is 1.94. The molecule has 1 atom stereocenters. The van der Waals surface area contributed by atoms with Crippen molar-refractivity contribution in [1.29, 1.82) is 0 Å². The molecule has 1 heterocycles. The molecule has 0 saturated carbocycles. The zero-order valence-corrected chi connectivity index (χ0v) is 12.7. The minimum absolute atomic E-state index is 0.147. The average molecular weight is 301 g/mol. The van der Waals surface area contributed by atoms with Gasteiger partial charge in [0.2, 0.25) is 0 Å². The molecule has 1 unspecified atom stereocenters. The van der Waals surface area contributed by atoms with Gasteiger partial charge < -0.3 is 16.4 Å². The highest BCUT2D eigenvalue weighted by molar-refractivity contribution is 7.18. The molecule has 2 rings (SSSR count). The summed E-state index contributed by atoms with van der Waals surface area (Å²) in [4.78, 5) is 12.5. The van der Waals surface area contributed by atoms with Gasteiger partial charge in [0, 0.05) is 12.6 Å². The second-order valence-corrected chi connectivity index (χ2v) is 5.72. The van der Waals surface area contributed by atoms with E-state index in [-0.39, 0.29) is 11.9 Å². The SMILES string of the molecule is C=CCNC(=O)c1sc(NC(C)c2ccccc2)cc1N. The Morgan fingerprint density at radius 1 is 1.43 bits per heavy atom. The van der Waals surface area contributed by atoms with E-state index in [2.05, 4.69) is 36.3 Å².